The average molecular weight is 798 g/mol. The molecule has 0 aliphatic rings. The topological polar surface area (TPSA) is 95.9 Å². The highest BCUT2D eigenvalue weighted by Crippen LogP contribution is 2.17. The second-order valence-corrected chi connectivity index (χ2v) is 16.2. The van der Waals surface area contributed by atoms with E-state index in [9.17, 15) is 19.8 Å². The number of nitrogens with one attached hydrogen (secondary N) is 1. The van der Waals surface area contributed by atoms with Gasteiger partial charge in [0, 0.05) is 6.42 Å². The average Bonchev–Trinajstić information content (AvgIpc) is 3.20. The van der Waals surface area contributed by atoms with Crippen molar-refractivity contribution in [3.63, 3.8) is 0 Å². The van der Waals surface area contributed by atoms with Gasteiger partial charge in [0.2, 0.25) is 5.91 Å². The summed E-state index contributed by atoms with van der Waals surface area (Å²) < 4.78 is 5.86. The fourth-order valence-corrected chi connectivity index (χ4v) is 7.03. The molecule has 0 aliphatic carbocycles. The van der Waals surface area contributed by atoms with Crippen LogP contribution < -0.4 is 5.32 Å². The van der Waals surface area contributed by atoms with E-state index < -0.39 is 18.2 Å². The summed E-state index contributed by atoms with van der Waals surface area (Å²) in [7, 11) is 0. The third-order valence-corrected chi connectivity index (χ3v) is 10.7. The lowest BCUT2D eigenvalue weighted by molar-refractivity contribution is -0.151. The number of aliphatic hydroxyl groups is 2. The number of hydrogen-bond donors (Lipinski definition) is 3. The first-order valence-corrected chi connectivity index (χ1v) is 24.1. The predicted molar refractivity (Wildman–Crippen MR) is 245 cm³/mol. The molecule has 57 heavy (non-hydrogen) atoms. The van der Waals surface area contributed by atoms with Crippen LogP contribution in [0.3, 0.4) is 0 Å². The van der Waals surface area contributed by atoms with Gasteiger partial charge in [-0.15, -0.1) is 0 Å². The normalized spacial score (nSPS) is 13.8. The number of unbranched alkanes of at least 4 members (excludes halogenated alkanes) is 23. The third-order valence-electron chi connectivity index (χ3n) is 10.7. The van der Waals surface area contributed by atoms with Gasteiger partial charge in [0.1, 0.15) is 6.10 Å². The molecule has 0 aromatic carbocycles. The minimum atomic E-state index is -0.798. The van der Waals surface area contributed by atoms with Crippen molar-refractivity contribution in [2.45, 2.75) is 244 Å². The molecule has 0 fully saturated rings. The monoisotopic (exact) mass is 798 g/mol. The molecule has 6 nitrogen and oxygen atoms in total. The quantitative estimate of drug-likeness (QED) is 0.0247. The molecule has 0 bridgehead atoms. The Morgan fingerprint density at radius 2 is 1.00 bits per heavy atom. The molecule has 6 heteroatoms. The van der Waals surface area contributed by atoms with Crippen LogP contribution >= 0.6 is 0 Å². The Balaban J connectivity index is 4.46. The van der Waals surface area contributed by atoms with Crippen molar-refractivity contribution >= 4 is 11.9 Å². The van der Waals surface area contributed by atoms with Crippen LogP contribution in [0.4, 0.5) is 0 Å². The number of amides is 1. The summed E-state index contributed by atoms with van der Waals surface area (Å²) in [4.78, 5) is 25.9. The summed E-state index contributed by atoms with van der Waals surface area (Å²) in [5, 5.41) is 23.7. The van der Waals surface area contributed by atoms with E-state index in [4.69, 9.17) is 4.74 Å². The van der Waals surface area contributed by atoms with Crippen LogP contribution in [-0.2, 0) is 14.3 Å². The zero-order valence-corrected chi connectivity index (χ0v) is 37.5. The minimum Gasteiger partial charge on any atom is -0.462 e. The Kier molecular flexibility index (Phi) is 42.7. The molecular formula is C51H91NO5. The highest BCUT2D eigenvalue weighted by atomic mass is 16.5. The number of rotatable bonds is 42. The van der Waals surface area contributed by atoms with Crippen LogP contribution in [0.5, 0.6) is 0 Å². The minimum absolute atomic E-state index is 0.0485. The van der Waals surface area contributed by atoms with Crippen molar-refractivity contribution in [1.82, 2.24) is 5.32 Å². The van der Waals surface area contributed by atoms with E-state index in [2.05, 4.69) is 56.5 Å². The molecule has 0 saturated heterocycles. The second-order valence-electron chi connectivity index (χ2n) is 16.2. The van der Waals surface area contributed by atoms with Crippen LogP contribution in [0.15, 0.2) is 60.8 Å². The smallest absolute Gasteiger partial charge is 0.306 e. The molecule has 0 rings (SSSR count). The van der Waals surface area contributed by atoms with Crippen LogP contribution in [0.25, 0.3) is 0 Å². The van der Waals surface area contributed by atoms with E-state index in [0.717, 1.165) is 89.9 Å². The zero-order chi connectivity index (χ0) is 41.7. The van der Waals surface area contributed by atoms with Gasteiger partial charge < -0.3 is 20.3 Å². The molecule has 0 aromatic rings. The molecule has 0 spiro atoms. The standard InChI is InChI=1S/C51H91NO5/c1-4-7-10-13-16-19-21-23-24-25-26-28-29-31-34-37-40-43-49(54)48(46-53)52-50(55)45-47(42-39-36-33-18-15-12-9-6-3)57-51(56)44-41-38-35-32-30-27-22-20-17-14-11-8-5-2/h8,11-12,14-15,17,20,22,27,30,47-49,53-54H,4-7,9-10,13,16,18-19,21,23-26,28-29,31-46H2,1-3H3,(H,52,55)/b11-8+,15-12-,17-14+,22-20-,30-27-. The van der Waals surface area contributed by atoms with Crippen LogP contribution in [0.2, 0.25) is 0 Å². The van der Waals surface area contributed by atoms with Crippen LogP contribution in [0, 0.1) is 0 Å². The van der Waals surface area contributed by atoms with E-state index in [1.807, 2.05) is 30.4 Å². The van der Waals surface area contributed by atoms with E-state index in [1.54, 1.807) is 0 Å². The molecule has 3 N–H and O–H groups in total. The first-order chi connectivity index (χ1) is 28.0. The van der Waals surface area contributed by atoms with E-state index in [-0.39, 0.29) is 24.9 Å². The number of ether oxygens (including phenoxy) is 1. The van der Waals surface area contributed by atoms with Crippen molar-refractivity contribution in [3.05, 3.63) is 60.8 Å². The first kappa shape index (κ1) is 54.6. The molecule has 0 saturated carbocycles. The summed E-state index contributed by atoms with van der Waals surface area (Å²) in [5.41, 5.74) is 0. The SMILES string of the molecule is CC/C=C/C=C/C=C\C=C/CCCCCC(=O)OC(CCCCC/C=C\CCC)CC(=O)NC(CO)C(O)CCCCCCCCCCCCCCCCCCC. The van der Waals surface area contributed by atoms with Gasteiger partial charge >= 0.3 is 5.97 Å². The number of allylic oxidation sites excluding steroid dienone is 10. The van der Waals surface area contributed by atoms with Gasteiger partial charge in [0.05, 0.1) is 25.2 Å². The van der Waals surface area contributed by atoms with Crippen molar-refractivity contribution in [2.75, 3.05) is 6.61 Å². The summed E-state index contributed by atoms with van der Waals surface area (Å²) in [5.74, 6) is -0.542. The number of hydrogen-bond acceptors (Lipinski definition) is 5. The maximum Gasteiger partial charge on any atom is 0.306 e. The number of carbonyl (C=O) groups is 2. The lowest BCUT2D eigenvalue weighted by Gasteiger charge is -2.24. The van der Waals surface area contributed by atoms with Crippen molar-refractivity contribution in [3.8, 4) is 0 Å². The van der Waals surface area contributed by atoms with Gasteiger partial charge in [-0.25, -0.2) is 0 Å². The zero-order valence-electron chi connectivity index (χ0n) is 37.5. The summed E-state index contributed by atoms with van der Waals surface area (Å²) in [6.07, 6.45) is 54.4. The van der Waals surface area contributed by atoms with Gasteiger partial charge in [-0.2, -0.15) is 0 Å². The number of esters is 1. The lowest BCUT2D eigenvalue weighted by atomic mass is 10.0. The summed E-state index contributed by atoms with van der Waals surface area (Å²) >= 11 is 0. The van der Waals surface area contributed by atoms with Crippen molar-refractivity contribution in [1.29, 1.82) is 0 Å². The Morgan fingerprint density at radius 1 is 0.526 bits per heavy atom. The maximum atomic E-state index is 13.1. The predicted octanol–water partition coefficient (Wildman–Crippen LogP) is 14.1. The highest BCUT2D eigenvalue weighted by molar-refractivity contribution is 5.77. The lowest BCUT2D eigenvalue weighted by Crippen LogP contribution is -2.46. The molecule has 1 amide bonds. The molecular weight excluding hydrogens is 707 g/mol. The second kappa shape index (κ2) is 44.7. The largest absolute Gasteiger partial charge is 0.462 e. The maximum absolute atomic E-state index is 13.1. The van der Waals surface area contributed by atoms with Crippen molar-refractivity contribution in [2.24, 2.45) is 0 Å². The molecule has 0 aliphatic heterocycles. The van der Waals surface area contributed by atoms with E-state index >= 15 is 0 Å². The Morgan fingerprint density at radius 3 is 1.56 bits per heavy atom. The van der Waals surface area contributed by atoms with Gasteiger partial charge in [-0.05, 0) is 64.2 Å². The van der Waals surface area contributed by atoms with E-state index in [1.165, 1.54) is 89.9 Å². The third kappa shape index (κ3) is 40.1. The summed E-state index contributed by atoms with van der Waals surface area (Å²) in [6, 6.07) is -0.714. The molecule has 330 valence electrons. The number of aliphatic hydroxyl groups excluding tert-OH is 2. The number of carbonyl (C=O) groups excluding carboxylic acids is 2. The molecule has 3 unspecified atom stereocenters. The van der Waals surface area contributed by atoms with E-state index in [0.29, 0.717) is 19.3 Å². The first-order valence-electron chi connectivity index (χ1n) is 24.1. The van der Waals surface area contributed by atoms with Gasteiger partial charge in [-0.1, -0.05) is 210 Å². The van der Waals surface area contributed by atoms with Crippen molar-refractivity contribution < 1.29 is 24.5 Å². The molecule has 0 heterocycles. The molecule has 3 atom stereocenters. The van der Waals surface area contributed by atoms with Gasteiger partial charge in [0.25, 0.3) is 0 Å². The van der Waals surface area contributed by atoms with Crippen LogP contribution in [0.1, 0.15) is 226 Å². The fourth-order valence-electron chi connectivity index (χ4n) is 7.03. The summed E-state index contributed by atoms with van der Waals surface area (Å²) in [6.45, 7) is 6.25. The Labute approximate surface area is 352 Å². The van der Waals surface area contributed by atoms with Gasteiger partial charge in [-0.3, -0.25) is 9.59 Å². The fraction of sp³-hybridized carbons (Fsp3) is 0.765. The van der Waals surface area contributed by atoms with Gasteiger partial charge in [0.15, 0.2) is 0 Å². The van der Waals surface area contributed by atoms with Crippen LogP contribution in [-0.4, -0.2) is 46.9 Å². The Bertz CT molecular complexity index is 1030. The molecule has 0 radical (unpaired) electrons. The Hall–Kier alpha value is -2.44. The highest BCUT2D eigenvalue weighted by Gasteiger charge is 2.24. The molecule has 0 aromatic heterocycles.